The average molecular weight is 297 g/mol. The van der Waals surface area contributed by atoms with Crippen molar-refractivity contribution in [1.82, 2.24) is 4.90 Å². The van der Waals surface area contributed by atoms with Gasteiger partial charge in [-0.15, -0.1) is 0 Å². The molecule has 0 aliphatic carbocycles. The van der Waals surface area contributed by atoms with E-state index in [-0.39, 0.29) is 18.7 Å². The van der Waals surface area contributed by atoms with Gasteiger partial charge in [0.05, 0.1) is 6.04 Å². The summed E-state index contributed by atoms with van der Waals surface area (Å²) in [6.45, 7) is 4.45. The smallest absolute Gasteiger partial charge is 0.231 e. The van der Waals surface area contributed by atoms with Crippen LogP contribution in [0.2, 0.25) is 0 Å². The highest BCUT2D eigenvalue weighted by Gasteiger charge is 2.20. The van der Waals surface area contributed by atoms with E-state index in [1.165, 1.54) is 0 Å². The Morgan fingerprint density at radius 2 is 1.86 bits per heavy atom. The molecule has 4 nitrogen and oxygen atoms in total. The van der Waals surface area contributed by atoms with Crippen molar-refractivity contribution in [2.24, 2.45) is 0 Å². The zero-order valence-corrected chi connectivity index (χ0v) is 12.8. The SMILES string of the molecule is CC(=O)N(Cc1ccc2c(c1)OCO2)C(C)c1ccccc1. The first-order valence-electron chi connectivity index (χ1n) is 7.36. The Kier molecular flexibility index (Phi) is 4.00. The molecule has 0 aromatic heterocycles. The first-order valence-corrected chi connectivity index (χ1v) is 7.36. The molecular formula is C18H19NO3. The van der Waals surface area contributed by atoms with Gasteiger partial charge in [-0.2, -0.15) is 0 Å². The highest BCUT2D eigenvalue weighted by molar-refractivity contribution is 5.73. The van der Waals surface area contributed by atoms with E-state index in [2.05, 4.69) is 0 Å². The minimum atomic E-state index is 0.0177. The van der Waals surface area contributed by atoms with Crippen molar-refractivity contribution in [2.45, 2.75) is 26.4 Å². The molecule has 1 atom stereocenters. The molecule has 1 heterocycles. The molecule has 1 aliphatic rings. The molecule has 1 unspecified atom stereocenters. The summed E-state index contributed by atoms with van der Waals surface area (Å²) in [5, 5.41) is 0. The highest BCUT2D eigenvalue weighted by atomic mass is 16.7. The summed E-state index contributed by atoms with van der Waals surface area (Å²) in [5.74, 6) is 1.55. The Labute approximate surface area is 130 Å². The summed E-state index contributed by atoms with van der Waals surface area (Å²) < 4.78 is 10.7. The van der Waals surface area contributed by atoms with Crippen molar-refractivity contribution in [3.63, 3.8) is 0 Å². The van der Waals surface area contributed by atoms with Gasteiger partial charge in [-0.3, -0.25) is 4.79 Å². The normalized spacial score (nSPS) is 13.7. The Morgan fingerprint density at radius 3 is 2.59 bits per heavy atom. The van der Waals surface area contributed by atoms with Crippen molar-refractivity contribution in [2.75, 3.05) is 6.79 Å². The lowest BCUT2D eigenvalue weighted by atomic mass is 10.1. The second kappa shape index (κ2) is 6.10. The fourth-order valence-corrected chi connectivity index (χ4v) is 2.67. The van der Waals surface area contributed by atoms with E-state index in [0.29, 0.717) is 6.54 Å². The molecule has 3 rings (SSSR count). The number of hydrogen-bond donors (Lipinski definition) is 0. The van der Waals surface area contributed by atoms with E-state index < -0.39 is 0 Å². The predicted octanol–water partition coefficient (Wildman–Crippen LogP) is 3.53. The number of ether oxygens (including phenoxy) is 2. The molecule has 0 spiro atoms. The molecule has 4 heteroatoms. The summed E-state index contributed by atoms with van der Waals surface area (Å²) in [4.78, 5) is 13.9. The molecule has 0 fully saturated rings. The lowest BCUT2D eigenvalue weighted by molar-refractivity contribution is -0.131. The van der Waals surface area contributed by atoms with Gasteiger partial charge in [0.25, 0.3) is 0 Å². The number of fused-ring (bicyclic) bond motifs is 1. The number of nitrogens with zero attached hydrogens (tertiary/aromatic N) is 1. The third kappa shape index (κ3) is 2.91. The third-order valence-corrected chi connectivity index (χ3v) is 3.94. The van der Waals surface area contributed by atoms with E-state index in [9.17, 15) is 4.79 Å². The zero-order valence-electron chi connectivity index (χ0n) is 12.8. The molecule has 0 saturated heterocycles. The Hall–Kier alpha value is -2.49. The van der Waals surface area contributed by atoms with Crippen molar-refractivity contribution < 1.29 is 14.3 Å². The van der Waals surface area contributed by atoms with Crippen molar-refractivity contribution in [3.8, 4) is 11.5 Å². The lowest BCUT2D eigenvalue weighted by Crippen LogP contribution is -2.31. The molecule has 2 aromatic carbocycles. The van der Waals surface area contributed by atoms with Crippen LogP contribution in [0.1, 0.15) is 31.0 Å². The molecule has 1 aliphatic heterocycles. The van der Waals surface area contributed by atoms with E-state index in [1.807, 2.05) is 60.4 Å². The predicted molar refractivity (Wildman–Crippen MR) is 83.6 cm³/mol. The van der Waals surface area contributed by atoms with Gasteiger partial charge in [0.1, 0.15) is 0 Å². The zero-order chi connectivity index (χ0) is 15.5. The Bertz CT molecular complexity index is 669. The first-order chi connectivity index (χ1) is 10.6. The van der Waals surface area contributed by atoms with Crippen LogP contribution in [0.25, 0.3) is 0 Å². The monoisotopic (exact) mass is 297 g/mol. The first kappa shape index (κ1) is 14.4. The summed E-state index contributed by atoms with van der Waals surface area (Å²) >= 11 is 0. The number of hydrogen-bond acceptors (Lipinski definition) is 3. The maximum absolute atomic E-state index is 12.1. The van der Waals surface area contributed by atoms with Gasteiger partial charge in [-0.1, -0.05) is 36.4 Å². The van der Waals surface area contributed by atoms with Gasteiger partial charge in [0, 0.05) is 13.5 Å². The van der Waals surface area contributed by atoms with Gasteiger partial charge >= 0.3 is 0 Å². The number of benzene rings is 2. The summed E-state index contributed by atoms with van der Waals surface area (Å²) in [7, 11) is 0. The average Bonchev–Trinajstić information content (AvgIpc) is 3.00. The third-order valence-electron chi connectivity index (χ3n) is 3.94. The van der Waals surface area contributed by atoms with Crippen LogP contribution in [-0.2, 0) is 11.3 Å². The van der Waals surface area contributed by atoms with Crippen molar-refractivity contribution >= 4 is 5.91 Å². The summed E-state index contributed by atoms with van der Waals surface area (Å²) in [6, 6.07) is 15.9. The molecule has 114 valence electrons. The number of amides is 1. The topological polar surface area (TPSA) is 38.8 Å². The van der Waals surface area contributed by atoms with Crippen LogP contribution < -0.4 is 9.47 Å². The van der Waals surface area contributed by atoms with Crippen LogP contribution in [0.4, 0.5) is 0 Å². The largest absolute Gasteiger partial charge is 0.454 e. The lowest BCUT2D eigenvalue weighted by Gasteiger charge is -2.28. The Morgan fingerprint density at radius 1 is 1.14 bits per heavy atom. The van der Waals surface area contributed by atoms with E-state index >= 15 is 0 Å². The molecule has 22 heavy (non-hydrogen) atoms. The van der Waals surface area contributed by atoms with E-state index in [4.69, 9.17) is 9.47 Å². The van der Waals surface area contributed by atoms with Crippen LogP contribution >= 0.6 is 0 Å². The van der Waals surface area contributed by atoms with E-state index in [0.717, 1.165) is 22.6 Å². The molecule has 1 amide bonds. The van der Waals surface area contributed by atoms with Crippen LogP contribution in [0.5, 0.6) is 11.5 Å². The number of carbonyl (C=O) groups is 1. The number of rotatable bonds is 4. The van der Waals surface area contributed by atoms with Crippen LogP contribution in [0.15, 0.2) is 48.5 Å². The van der Waals surface area contributed by atoms with Crippen LogP contribution in [0, 0.1) is 0 Å². The maximum Gasteiger partial charge on any atom is 0.231 e. The minimum Gasteiger partial charge on any atom is -0.454 e. The molecule has 0 saturated carbocycles. The Balaban J connectivity index is 1.81. The molecule has 0 bridgehead atoms. The fraction of sp³-hybridized carbons (Fsp3) is 0.278. The van der Waals surface area contributed by atoms with Gasteiger partial charge in [-0.25, -0.2) is 0 Å². The fourth-order valence-electron chi connectivity index (χ4n) is 2.67. The maximum atomic E-state index is 12.1. The molecule has 0 radical (unpaired) electrons. The highest BCUT2D eigenvalue weighted by Crippen LogP contribution is 2.33. The van der Waals surface area contributed by atoms with Crippen molar-refractivity contribution in [3.05, 3.63) is 59.7 Å². The second-order valence-electron chi connectivity index (χ2n) is 5.42. The van der Waals surface area contributed by atoms with Gasteiger partial charge in [0.2, 0.25) is 12.7 Å². The molecule has 2 aromatic rings. The van der Waals surface area contributed by atoms with Gasteiger partial charge in [-0.05, 0) is 30.2 Å². The van der Waals surface area contributed by atoms with E-state index in [1.54, 1.807) is 6.92 Å². The standard InChI is InChI=1S/C18H19NO3/c1-13(16-6-4-3-5-7-16)19(14(2)20)11-15-8-9-17-18(10-15)22-12-21-17/h3-10,13H,11-12H2,1-2H3. The van der Waals surface area contributed by atoms with Crippen molar-refractivity contribution in [1.29, 1.82) is 0 Å². The summed E-state index contributed by atoms with van der Waals surface area (Å²) in [6.07, 6.45) is 0. The molecule has 0 N–H and O–H groups in total. The summed E-state index contributed by atoms with van der Waals surface area (Å²) in [5.41, 5.74) is 2.15. The van der Waals surface area contributed by atoms with Crippen LogP contribution in [-0.4, -0.2) is 17.6 Å². The van der Waals surface area contributed by atoms with Gasteiger partial charge < -0.3 is 14.4 Å². The second-order valence-corrected chi connectivity index (χ2v) is 5.42. The minimum absolute atomic E-state index is 0.0177. The number of carbonyl (C=O) groups excluding carboxylic acids is 1. The quantitative estimate of drug-likeness (QED) is 0.866. The van der Waals surface area contributed by atoms with Gasteiger partial charge in [0.15, 0.2) is 11.5 Å². The molecular weight excluding hydrogens is 278 g/mol. The van der Waals surface area contributed by atoms with Crippen LogP contribution in [0.3, 0.4) is 0 Å².